The van der Waals surface area contributed by atoms with Gasteiger partial charge >= 0.3 is 0 Å². The summed E-state index contributed by atoms with van der Waals surface area (Å²) in [5.41, 5.74) is 1.86. The molecule has 3 heterocycles. The average Bonchev–Trinajstić information content (AvgIpc) is 3.21. The molecule has 7 nitrogen and oxygen atoms in total. The van der Waals surface area contributed by atoms with Gasteiger partial charge in [-0.05, 0) is 43.1 Å². The van der Waals surface area contributed by atoms with E-state index in [1.807, 2.05) is 46.3 Å². The van der Waals surface area contributed by atoms with Crippen molar-refractivity contribution in [2.24, 2.45) is 5.10 Å². The van der Waals surface area contributed by atoms with Crippen molar-refractivity contribution in [2.75, 3.05) is 44.3 Å². The Kier molecular flexibility index (Phi) is 6.55. The highest BCUT2D eigenvalue weighted by Crippen LogP contribution is 2.49. The summed E-state index contributed by atoms with van der Waals surface area (Å²) in [7, 11) is 0. The van der Waals surface area contributed by atoms with Gasteiger partial charge in [0.05, 0.1) is 5.41 Å². The number of carbonyl (C=O) groups excluding carboxylic acids is 2. The van der Waals surface area contributed by atoms with Crippen LogP contribution in [0.25, 0.3) is 0 Å². The van der Waals surface area contributed by atoms with Crippen molar-refractivity contribution in [3.63, 3.8) is 0 Å². The first kappa shape index (κ1) is 23.8. The van der Waals surface area contributed by atoms with E-state index in [2.05, 4.69) is 17.0 Å². The van der Waals surface area contributed by atoms with Crippen LogP contribution in [-0.4, -0.2) is 72.6 Å². The van der Waals surface area contributed by atoms with Crippen LogP contribution in [0, 0.1) is 0 Å². The van der Waals surface area contributed by atoms with E-state index < -0.39 is 5.41 Å². The van der Waals surface area contributed by atoms with Crippen LogP contribution in [0.5, 0.6) is 5.75 Å². The molecule has 2 aromatic carbocycles. The first-order chi connectivity index (χ1) is 16.9. The predicted octanol–water partition coefficient (Wildman–Crippen LogP) is 3.75. The van der Waals surface area contributed by atoms with Gasteiger partial charge in [-0.25, -0.2) is 0 Å². The molecule has 8 heteroatoms. The molecular formula is C27H31ClN4O3. The Labute approximate surface area is 211 Å². The summed E-state index contributed by atoms with van der Waals surface area (Å²) in [6.07, 6.45) is 1.66. The van der Waals surface area contributed by atoms with E-state index in [4.69, 9.17) is 21.4 Å². The summed E-state index contributed by atoms with van der Waals surface area (Å²) < 4.78 is 6.19. The minimum absolute atomic E-state index is 0.0260. The molecule has 184 valence electrons. The molecule has 1 saturated heterocycles. The molecule has 5 rings (SSSR count). The lowest BCUT2D eigenvalue weighted by Gasteiger charge is -2.42. The standard InChI is InChI=1S/C27H31ClN4O3/c1-19(33)26-27(21-7-4-3-5-8-21,11-6-12-30-13-15-31(16-14-30)20(2)34)25-18-35-24-10-9-22(28)17-23(24)32(25)29-26/h3-5,7-10,17,25H,6,11-16,18H2,1-2H3/t25-,27+/m0/s1. The second-order valence-electron chi connectivity index (χ2n) is 9.58. The number of rotatable bonds is 6. The average molecular weight is 495 g/mol. The predicted molar refractivity (Wildman–Crippen MR) is 137 cm³/mol. The Morgan fingerprint density at radius 1 is 1.09 bits per heavy atom. The molecule has 2 atom stereocenters. The van der Waals surface area contributed by atoms with Gasteiger partial charge in [-0.2, -0.15) is 5.10 Å². The highest BCUT2D eigenvalue weighted by atomic mass is 35.5. The Hall–Kier alpha value is -2.90. The summed E-state index contributed by atoms with van der Waals surface area (Å²) >= 11 is 6.33. The lowest BCUT2D eigenvalue weighted by molar-refractivity contribution is -0.130. The van der Waals surface area contributed by atoms with E-state index >= 15 is 0 Å². The molecule has 0 spiro atoms. The largest absolute Gasteiger partial charge is 0.489 e. The number of nitrogens with zero attached hydrogens (tertiary/aromatic N) is 4. The van der Waals surface area contributed by atoms with Crippen molar-refractivity contribution in [3.8, 4) is 5.75 Å². The Balaban J connectivity index is 1.45. The molecule has 0 unspecified atom stereocenters. The minimum atomic E-state index is -0.589. The van der Waals surface area contributed by atoms with Gasteiger partial charge in [-0.1, -0.05) is 41.9 Å². The molecule has 2 aromatic rings. The van der Waals surface area contributed by atoms with E-state index in [9.17, 15) is 9.59 Å². The number of fused-ring (bicyclic) bond motifs is 3. The second kappa shape index (κ2) is 9.63. The molecule has 0 aromatic heterocycles. The fourth-order valence-electron chi connectivity index (χ4n) is 5.77. The number of amides is 1. The van der Waals surface area contributed by atoms with Crippen LogP contribution in [-0.2, 0) is 15.0 Å². The van der Waals surface area contributed by atoms with Gasteiger partial charge in [0, 0.05) is 45.0 Å². The summed E-state index contributed by atoms with van der Waals surface area (Å²) in [6, 6.07) is 15.6. The summed E-state index contributed by atoms with van der Waals surface area (Å²) in [5, 5.41) is 7.49. The molecule has 0 saturated carbocycles. The molecule has 0 bridgehead atoms. The number of hydrogen-bond acceptors (Lipinski definition) is 6. The SMILES string of the molecule is CC(=O)C1=NN2c3cc(Cl)ccc3OC[C@H]2[C@@]1(CCCN1CCN(C(C)=O)CC1)c1ccccc1. The van der Waals surface area contributed by atoms with E-state index in [0.717, 1.165) is 62.6 Å². The third-order valence-corrected chi connectivity index (χ3v) is 7.78. The number of hydrazone groups is 1. The van der Waals surface area contributed by atoms with Gasteiger partial charge in [-0.3, -0.25) is 19.5 Å². The maximum Gasteiger partial charge on any atom is 0.219 e. The van der Waals surface area contributed by atoms with Crippen LogP contribution in [0.4, 0.5) is 5.69 Å². The lowest BCUT2D eigenvalue weighted by Crippen LogP contribution is -2.54. The molecule has 0 aliphatic carbocycles. The molecule has 35 heavy (non-hydrogen) atoms. The quantitative estimate of drug-likeness (QED) is 0.612. The fourth-order valence-corrected chi connectivity index (χ4v) is 5.94. The number of ketones is 1. The smallest absolute Gasteiger partial charge is 0.219 e. The van der Waals surface area contributed by atoms with Crippen molar-refractivity contribution < 1.29 is 14.3 Å². The molecule has 1 amide bonds. The number of halogens is 1. The molecule has 3 aliphatic rings. The number of carbonyl (C=O) groups is 2. The highest BCUT2D eigenvalue weighted by Gasteiger charge is 2.55. The fraction of sp³-hybridized carbons (Fsp3) is 0.444. The molecule has 0 radical (unpaired) electrons. The van der Waals surface area contributed by atoms with Crippen molar-refractivity contribution in [3.05, 3.63) is 59.1 Å². The lowest BCUT2D eigenvalue weighted by atomic mass is 9.67. The van der Waals surface area contributed by atoms with Gasteiger partial charge in [0.2, 0.25) is 5.91 Å². The minimum Gasteiger partial charge on any atom is -0.489 e. The Bertz CT molecular complexity index is 1150. The van der Waals surface area contributed by atoms with Crippen LogP contribution >= 0.6 is 11.6 Å². The third kappa shape index (κ3) is 4.32. The Morgan fingerprint density at radius 3 is 2.51 bits per heavy atom. The number of ether oxygens (including phenoxy) is 1. The zero-order chi connectivity index (χ0) is 24.6. The maximum atomic E-state index is 13.0. The first-order valence-corrected chi connectivity index (χ1v) is 12.6. The van der Waals surface area contributed by atoms with Crippen LogP contribution < -0.4 is 9.75 Å². The number of anilines is 1. The first-order valence-electron chi connectivity index (χ1n) is 12.2. The zero-order valence-corrected chi connectivity index (χ0v) is 21.0. The summed E-state index contributed by atoms with van der Waals surface area (Å²) in [4.78, 5) is 29.0. The van der Waals surface area contributed by atoms with Crippen molar-refractivity contribution in [1.82, 2.24) is 9.80 Å². The van der Waals surface area contributed by atoms with Crippen molar-refractivity contribution in [1.29, 1.82) is 0 Å². The Morgan fingerprint density at radius 2 is 1.83 bits per heavy atom. The second-order valence-corrected chi connectivity index (χ2v) is 10.0. The van der Waals surface area contributed by atoms with Gasteiger partial charge in [0.1, 0.15) is 29.8 Å². The number of benzene rings is 2. The topological polar surface area (TPSA) is 65.5 Å². The normalized spacial score (nSPS) is 23.9. The van der Waals surface area contributed by atoms with E-state index in [1.165, 1.54) is 0 Å². The van der Waals surface area contributed by atoms with Gasteiger partial charge in [0.15, 0.2) is 5.78 Å². The summed E-state index contributed by atoms with van der Waals surface area (Å²) in [5.74, 6) is 0.838. The van der Waals surface area contributed by atoms with Crippen LogP contribution in [0.3, 0.4) is 0 Å². The molecular weight excluding hydrogens is 464 g/mol. The van der Waals surface area contributed by atoms with Gasteiger partial charge in [-0.15, -0.1) is 0 Å². The number of hydrogen-bond donors (Lipinski definition) is 0. The monoisotopic (exact) mass is 494 g/mol. The van der Waals surface area contributed by atoms with E-state index in [-0.39, 0.29) is 17.7 Å². The third-order valence-electron chi connectivity index (χ3n) is 7.54. The molecule has 1 fully saturated rings. The molecule has 3 aliphatic heterocycles. The highest BCUT2D eigenvalue weighted by molar-refractivity contribution is 6.43. The maximum absolute atomic E-state index is 13.0. The zero-order valence-electron chi connectivity index (χ0n) is 20.2. The van der Waals surface area contributed by atoms with Crippen molar-refractivity contribution in [2.45, 2.75) is 38.1 Å². The van der Waals surface area contributed by atoms with Crippen LogP contribution in [0.2, 0.25) is 5.02 Å². The molecule has 0 N–H and O–H groups in total. The van der Waals surface area contributed by atoms with Crippen molar-refractivity contribution >= 4 is 34.7 Å². The number of Topliss-reactive ketones (excluding diaryl/α,β-unsaturated/α-hetero) is 1. The number of piperazine rings is 1. The summed E-state index contributed by atoms with van der Waals surface area (Å²) in [6.45, 7) is 7.85. The van der Waals surface area contributed by atoms with E-state index in [1.54, 1.807) is 13.8 Å². The van der Waals surface area contributed by atoms with Crippen LogP contribution in [0.15, 0.2) is 53.6 Å². The van der Waals surface area contributed by atoms with Gasteiger partial charge < -0.3 is 9.64 Å². The van der Waals surface area contributed by atoms with E-state index in [0.29, 0.717) is 17.3 Å². The van der Waals surface area contributed by atoms with Crippen LogP contribution in [0.1, 0.15) is 32.3 Å². The van der Waals surface area contributed by atoms with Gasteiger partial charge in [0.25, 0.3) is 0 Å².